The van der Waals surface area contributed by atoms with Gasteiger partial charge in [-0.3, -0.25) is 0 Å². The Morgan fingerprint density at radius 2 is 2.06 bits per heavy atom. The Bertz CT molecular complexity index is 530. The summed E-state index contributed by atoms with van der Waals surface area (Å²) in [5.41, 5.74) is 0.0992. The molecule has 0 spiro atoms. The van der Waals surface area contributed by atoms with Gasteiger partial charge in [0.05, 0.1) is 6.20 Å². The molecule has 0 aliphatic rings. The molecule has 0 N–H and O–H groups in total. The van der Waals surface area contributed by atoms with Gasteiger partial charge in [0.2, 0.25) is 0 Å². The van der Waals surface area contributed by atoms with Crippen molar-refractivity contribution in [3.8, 4) is 11.4 Å². The van der Waals surface area contributed by atoms with Crippen LogP contribution >= 0.6 is 15.9 Å². The molecule has 1 heterocycles. The second-order valence-corrected chi connectivity index (χ2v) is 3.87. The molecule has 1 aromatic heterocycles. The molecular weight excluding hydrogens is 301 g/mol. The predicted molar refractivity (Wildman–Crippen MR) is 57.9 cm³/mol. The maximum absolute atomic E-state index is 13.1. The Balaban J connectivity index is 2.51. The van der Waals surface area contributed by atoms with E-state index < -0.39 is 12.4 Å². The lowest BCUT2D eigenvalue weighted by Gasteiger charge is -2.11. The van der Waals surface area contributed by atoms with Gasteiger partial charge in [-0.05, 0) is 34.1 Å². The van der Waals surface area contributed by atoms with Gasteiger partial charge in [0, 0.05) is 6.07 Å². The number of hydrogen-bond acceptors (Lipinski definition) is 2. The quantitative estimate of drug-likeness (QED) is 0.869. The van der Waals surface area contributed by atoms with E-state index in [-0.39, 0.29) is 11.4 Å². The van der Waals surface area contributed by atoms with Crippen LogP contribution in [0.3, 0.4) is 0 Å². The topological polar surface area (TPSA) is 27.1 Å². The van der Waals surface area contributed by atoms with Crippen molar-refractivity contribution < 1.29 is 17.9 Å². The molecule has 0 radical (unpaired) electrons. The normalized spacial score (nSPS) is 10.9. The molecule has 2 aromatic rings. The second-order valence-electron chi connectivity index (χ2n) is 3.06. The Morgan fingerprint density at radius 1 is 1.29 bits per heavy atom. The smallest absolute Gasteiger partial charge is 0.387 e. The molecule has 0 aliphatic carbocycles. The highest BCUT2D eigenvalue weighted by Gasteiger charge is 2.14. The van der Waals surface area contributed by atoms with Crippen LogP contribution < -0.4 is 4.74 Å². The van der Waals surface area contributed by atoms with Gasteiger partial charge in [-0.2, -0.15) is 13.9 Å². The van der Waals surface area contributed by atoms with Crippen molar-refractivity contribution in [3.63, 3.8) is 0 Å². The van der Waals surface area contributed by atoms with Crippen molar-refractivity contribution in [2.75, 3.05) is 0 Å². The second kappa shape index (κ2) is 4.79. The molecule has 0 unspecified atom stereocenters. The van der Waals surface area contributed by atoms with Gasteiger partial charge in [0.25, 0.3) is 0 Å². The molecular formula is C10H6BrF3N2O. The number of ether oxygens (including phenoxy) is 1. The molecule has 7 heteroatoms. The third kappa shape index (κ3) is 2.60. The van der Waals surface area contributed by atoms with Crippen LogP contribution in [-0.4, -0.2) is 16.4 Å². The number of benzene rings is 1. The van der Waals surface area contributed by atoms with Gasteiger partial charge in [-0.25, -0.2) is 9.07 Å². The van der Waals surface area contributed by atoms with E-state index in [4.69, 9.17) is 0 Å². The largest absolute Gasteiger partial charge is 0.433 e. The van der Waals surface area contributed by atoms with E-state index in [1.165, 1.54) is 10.9 Å². The summed E-state index contributed by atoms with van der Waals surface area (Å²) in [6.45, 7) is -2.98. The highest BCUT2D eigenvalue weighted by molar-refractivity contribution is 9.10. The minimum absolute atomic E-state index is 0.0992. The van der Waals surface area contributed by atoms with Crippen molar-refractivity contribution in [1.29, 1.82) is 0 Å². The maximum atomic E-state index is 13.1. The first-order valence-electron chi connectivity index (χ1n) is 4.52. The summed E-state index contributed by atoms with van der Waals surface area (Å²) >= 11 is 3.16. The van der Waals surface area contributed by atoms with Crippen molar-refractivity contribution in [2.24, 2.45) is 0 Å². The summed E-state index contributed by atoms with van der Waals surface area (Å²) in [5, 5.41) is 3.87. The van der Waals surface area contributed by atoms with E-state index in [1.54, 1.807) is 6.07 Å². The van der Waals surface area contributed by atoms with E-state index in [0.29, 0.717) is 4.60 Å². The molecule has 0 saturated carbocycles. The monoisotopic (exact) mass is 306 g/mol. The van der Waals surface area contributed by atoms with Gasteiger partial charge < -0.3 is 4.74 Å². The van der Waals surface area contributed by atoms with Gasteiger partial charge >= 0.3 is 6.61 Å². The van der Waals surface area contributed by atoms with Crippen LogP contribution in [0.15, 0.2) is 35.1 Å². The molecule has 2 rings (SSSR count). The minimum Gasteiger partial charge on any atom is -0.433 e. The highest BCUT2D eigenvalue weighted by atomic mass is 79.9. The van der Waals surface area contributed by atoms with Gasteiger partial charge in [-0.15, -0.1) is 0 Å². The van der Waals surface area contributed by atoms with Crippen LogP contribution in [-0.2, 0) is 0 Å². The van der Waals surface area contributed by atoms with Crippen molar-refractivity contribution in [3.05, 3.63) is 40.9 Å². The summed E-state index contributed by atoms with van der Waals surface area (Å²) in [4.78, 5) is 0. The Morgan fingerprint density at radius 3 is 2.65 bits per heavy atom. The van der Waals surface area contributed by atoms with E-state index in [2.05, 4.69) is 25.8 Å². The summed E-state index contributed by atoms with van der Waals surface area (Å²) < 4.78 is 43.5. The Labute approximate surface area is 103 Å². The van der Waals surface area contributed by atoms with Gasteiger partial charge in [-0.1, -0.05) is 0 Å². The Kier molecular flexibility index (Phi) is 3.37. The fraction of sp³-hybridized carbons (Fsp3) is 0.100. The molecule has 0 fully saturated rings. The summed E-state index contributed by atoms with van der Waals surface area (Å²) in [6, 6.07) is 4.83. The number of halogens is 4. The summed E-state index contributed by atoms with van der Waals surface area (Å²) in [6.07, 6.45) is 1.45. The van der Waals surface area contributed by atoms with Crippen molar-refractivity contribution >= 4 is 15.9 Å². The number of rotatable bonds is 3. The van der Waals surface area contributed by atoms with Gasteiger partial charge in [0.1, 0.15) is 16.1 Å². The fourth-order valence-electron chi connectivity index (χ4n) is 1.32. The molecule has 1 aromatic carbocycles. The molecule has 0 atom stereocenters. The first-order valence-corrected chi connectivity index (χ1v) is 5.31. The number of alkyl halides is 2. The van der Waals surface area contributed by atoms with Crippen LogP contribution in [0.1, 0.15) is 0 Å². The standard InChI is InChI=1S/C10H6BrF3N2O/c11-9-3-4-15-16(9)7-5-6(12)1-2-8(7)17-10(13)14/h1-5,10H. The summed E-state index contributed by atoms with van der Waals surface area (Å²) in [5.74, 6) is -0.713. The molecule has 90 valence electrons. The highest BCUT2D eigenvalue weighted by Crippen LogP contribution is 2.27. The lowest BCUT2D eigenvalue weighted by atomic mass is 10.3. The molecule has 0 saturated heterocycles. The lowest BCUT2D eigenvalue weighted by Crippen LogP contribution is -2.07. The zero-order valence-electron chi connectivity index (χ0n) is 8.28. The fourth-order valence-corrected chi connectivity index (χ4v) is 1.72. The van der Waals surface area contributed by atoms with Crippen LogP contribution in [0.5, 0.6) is 5.75 Å². The third-order valence-corrected chi connectivity index (χ3v) is 2.56. The average Bonchev–Trinajstić information content (AvgIpc) is 2.66. The zero-order chi connectivity index (χ0) is 12.4. The van der Waals surface area contributed by atoms with Crippen LogP contribution in [0.2, 0.25) is 0 Å². The average molecular weight is 307 g/mol. The lowest BCUT2D eigenvalue weighted by molar-refractivity contribution is -0.0499. The number of hydrogen-bond donors (Lipinski definition) is 0. The summed E-state index contributed by atoms with van der Waals surface area (Å²) in [7, 11) is 0. The van der Waals surface area contributed by atoms with E-state index >= 15 is 0 Å². The van der Waals surface area contributed by atoms with Crippen molar-refractivity contribution in [2.45, 2.75) is 6.61 Å². The molecule has 0 aliphatic heterocycles. The first kappa shape index (κ1) is 12.0. The van der Waals surface area contributed by atoms with Gasteiger partial charge in [0.15, 0.2) is 5.75 Å². The van der Waals surface area contributed by atoms with Crippen molar-refractivity contribution in [1.82, 2.24) is 9.78 Å². The van der Waals surface area contributed by atoms with Crippen LogP contribution in [0, 0.1) is 5.82 Å². The molecule has 17 heavy (non-hydrogen) atoms. The van der Waals surface area contributed by atoms with E-state index in [0.717, 1.165) is 18.2 Å². The van der Waals surface area contributed by atoms with E-state index in [9.17, 15) is 13.2 Å². The maximum Gasteiger partial charge on any atom is 0.387 e. The van der Waals surface area contributed by atoms with Crippen LogP contribution in [0.25, 0.3) is 5.69 Å². The minimum atomic E-state index is -2.98. The number of aromatic nitrogens is 2. The molecule has 0 amide bonds. The zero-order valence-corrected chi connectivity index (χ0v) is 9.86. The van der Waals surface area contributed by atoms with Crippen LogP contribution in [0.4, 0.5) is 13.2 Å². The number of nitrogens with zero attached hydrogens (tertiary/aromatic N) is 2. The molecule has 3 nitrogen and oxygen atoms in total. The molecule has 0 bridgehead atoms. The predicted octanol–water partition coefficient (Wildman–Crippen LogP) is 3.38. The third-order valence-electron chi connectivity index (χ3n) is 1.96. The Hall–Kier alpha value is -1.50. The van der Waals surface area contributed by atoms with E-state index in [1.807, 2.05) is 0 Å². The first-order chi connectivity index (χ1) is 8.08. The SMILES string of the molecule is Fc1ccc(OC(F)F)c(-n2nccc2Br)c1.